The number of nitrogens with zero attached hydrogens (tertiary/aromatic N) is 3. The third-order valence-corrected chi connectivity index (χ3v) is 5.78. The van der Waals surface area contributed by atoms with E-state index in [9.17, 15) is 13.2 Å². The van der Waals surface area contributed by atoms with Crippen molar-refractivity contribution in [1.82, 2.24) is 14.6 Å². The topological polar surface area (TPSA) is 30.2 Å². The molecule has 3 nitrogen and oxygen atoms in total. The van der Waals surface area contributed by atoms with Crippen molar-refractivity contribution in [2.24, 2.45) is 0 Å². The van der Waals surface area contributed by atoms with E-state index in [1.807, 2.05) is 47.8 Å². The largest absolute Gasteiger partial charge is 0.433 e. The van der Waals surface area contributed by atoms with E-state index in [2.05, 4.69) is 10.1 Å². The Kier molecular flexibility index (Phi) is 3.96. The first kappa shape index (κ1) is 17.9. The van der Waals surface area contributed by atoms with Gasteiger partial charge in [-0.15, -0.1) is 11.3 Å². The highest BCUT2D eigenvalue weighted by Gasteiger charge is 2.36. The molecule has 0 saturated carbocycles. The summed E-state index contributed by atoms with van der Waals surface area (Å²) in [5.74, 6) is 0. The van der Waals surface area contributed by atoms with Crippen molar-refractivity contribution in [3.8, 4) is 21.7 Å². The van der Waals surface area contributed by atoms with E-state index in [0.717, 1.165) is 26.9 Å². The molecule has 2 aromatic carbocycles. The Morgan fingerprint density at radius 1 is 0.966 bits per heavy atom. The molecule has 0 radical (unpaired) electrons. The van der Waals surface area contributed by atoms with Crippen LogP contribution in [0.3, 0.4) is 0 Å². The average Bonchev–Trinajstić information content (AvgIpc) is 3.33. The van der Waals surface area contributed by atoms with Crippen LogP contribution in [0.15, 0.2) is 66.0 Å². The van der Waals surface area contributed by atoms with E-state index in [0.29, 0.717) is 21.8 Å². The molecule has 5 aromatic rings. The summed E-state index contributed by atoms with van der Waals surface area (Å²) < 4.78 is 42.5. The lowest BCUT2D eigenvalue weighted by Gasteiger charge is -2.11. The second-order valence-corrected chi connectivity index (χ2v) is 7.67. The van der Waals surface area contributed by atoms with E-state index in [4.69, 9.17) is 0 Å². The third-order valence-electron chi connectivity index (χ3n) is 4.89. The van der Waals surface area contributed by atoms with E-state index in [1.165, 1.54) is 11.3 Å². The van der Waals surface area contributed by atoms with Crippen LogP contribution in [0.4, 0.5) is 13.2 Å². The van der Waals surface area contributed by atoms with Crippen molar-refractivity contribution in [2.45, 2.75) is 13.1 Å². The lowest BCUT2D eigenvalue weighted by atomic mass is 9.98. The fourth-order valence-electron chi connectivity index (χ4n) is 3.63. The number of aryl methyl sites for hydroxylation is 1. The van der Waals surface area contributed by atoms with E-state index in [1.54, 1.807) is 19.1 Å². The number of alkyl halides is 3. The predicted octanol–water partition coefficient (Wildman–Crippen LogP) is 6.61. The number of hydrogen-bond donors (Lipinski definition) is 0. The van der Waals surface area contributed by atoms with Gasteiger partial charge in [0.1, 0.15) is 0 Å². The second-order valence-electron chi connectivity index (χ2n) is 6.72. The van der Waals surface area contributed by atoms with Crippen molar-refractivity contribution in [2.75, 3.05) is 0 Å². The smallest absolute Gasteiger partial charge is 0.227 e. The molecule has 0 fully saturated rings. The van der Waals surface area contributed by atoms with Crippen LogP contribution in [-0.2, 0) is 6.18 Å². The van der Waals surface area contributed by atoms with Crippen molar-refractivity contribution in [3.05, 3.63) is 77.4 Å². The highest BCUT2D eigenvalue weighted by molar-refractivity contribution is 7.13. The first-order valence-electron chi connectivity index (χ1n) is 8.93. The van der Waals surface area contributed by atoms with Crippen LogP contribution in [-0.4, -0.2) is 14.6 Å². The van der Waals surface area contributed by atoms with Gasteiger partial charge in [-0.25, -0.2) is 9.50 Å². The monoisotopic (exact) mass is 409 g/mol. The zero-order valence-electron chi connectivity index (χ0n) is 15.2. The zero-order chi connectivity index (χ0) is 20.2. The molecule has 0 spiro atoms. The molecule has 3 heterocycles. The van der Waals surface area contributed by atoms with Gasteiger partial charge in [-0.1, -0.05) is 48.5 Å². The van der Waals surface area contributed by atoms with Crippen LogP contribution >= 0.6 is 11.3 Å². The summed E-state index contributed by atoms with van der Waals surface area (Å²) in [6.45, 7) is 1.72. The molecule has 3 aromatic heterocycles. The average molecular weight is 409 g/mol. The maximum absolute atomic E-state index is 13.9. The first-order valence-corrected chi connectivity index (χ1v) is 9.81. The number of benzene rings is 2. The molecule has 0 amide bonds. The van der Waals surface area contributed by atoms with Crippen molar-refractivity contribution >= 4 is 27.8 Å². The van der Waals surface area contributed by atoms with Gasteiger partial charge in [-0.05, 0) is 40.8 Å². The normalized spacial score (nSPS) is 12.1. The highest BCUT2D eigenvalue weighted by atomic mass is 32.1. The summed E-state index contributed by atoms with van der Waals surface area (Å²) in [5.41, 5.74) is 1.60. The standard InChI is InChI=1S/C22H14F3N3S/c1-13-20(16-9-4-7-14-6-2-3-8-15(14)16)21-26-17(18-10-5-11-29-18)12-19(22(23,24)25)28(21)27-13/h2-12H,1H3. The summed E-state index contributed by atoms with van der Waals surface area (Å²) >= 11 is 1.36. The minimum atomic E-state index is -4.55. The Morgan fingerprint density at radius 3 is 2.52 bits per heavy atom. The number of rotatable bonds is 2. The van der Waals surface area contributed by atoms with Gasteiger partial charge in [0, 0.05) is 0 Å². The van der Waals surface area contributed by atoms with Crippen molar-refractivity contribution in [3.63, 3.8) is 0 Å². The zero-order valence-corrected chi connectivity index (χ0v) is 16.1. The van der Waals surface area contributed by atoms with Crippen LogP contribution in [0.5, 0.6) is 0 Å². The van der Waals surface area contributed by atoms with E-state index >= 15 is 0 Å². The van der Waals surface area contributed by atoms with Gasteiger partial charge in [-0.2, -0.15) is 18.3 Å². The maximum atomic E-state index is 13.9. The third kappa shape index (κ3) is 2.89. The maximum Gasteiger partial charge on any atom is 0.433 e. The highest BCUT2D eigenvalue weighted by Crippen LogP contribution is 2.38. The predicted molar refractivity (Wildman–Crippen MR) is 109 cm³/mol. The lowest BCUT2D eigenvalue weighted by Crippen LogP contribution is -2.13. The molecule has 7 heteroatoms. The Labute approximate surface area is 168 Å². The van der Waals surface area contributed by atoms with Crippen molar-refractivity contribution in [1.29, 1.82) is 0 Å². The van der Waals surface area contributed by atoms with Crippen LogP contribution in [0.25, 0.3) is 38.1 Å². The molecular weight excluding hydrogens is 395 g/mol. The molecule has 144 valence electrons. The molecule has 0 bridgehead atoms. The van der Waals surface area contributed by atoms with Gasteiger partial charge in [0.2, 0.25) is 0 Å². The molecule has 0 atom stereocenters. The minimum Gasteiger partial charge on any atom is -0.227 e. The SMILES string of the molecule is Cc1nn2c(C(F)(F)F)cc(-c3cccs3)nc2c1-c1cccc2ccccc12. The Bertz CT molecular complexity index is 1350. The summed E-state index contributed by atoms with van der Waals surface area (Å²) in [6, 6.07) is 18.2. The Balaban J connectivity index is 1.90. The molecule has 5 rings (SSSR count). The molecule has 29 heavy (non-hydrogen) atoms. The van der Waals surface area contributed by atoms with E-state index in [-0.39, 0.29) is 5.65 Å². The number of thiophene rings is 1. The minimum absolute atomic E-state index is 0.206. The van der Waals surface area contributed by atoms with Crippen molar-refractivity contribution < 1.29 is 13.2 Å². The lowest BCUT2D eigenvalue weighted by molar-refractivity contribution is -0.142. The molecular formula is C22H14F3N3S. The van der Waals surface area contributed by atoms with Crippen LogP contribution in [0.1, 0.15) is 11.4 Å². The van der Waals surface area contributed by atoms with Gasteiger partial charge in [-0.3, -0.25) is 0 Å². The summed E-state index contributed by atoms with van der Waals surface area (Å²) in [6.07, 6.45) is -4.55. The number of halogens is 3. The quantitative estimate of drug-likeness (QED) is 0.329. The van der Waals surface area contributed by atoms with Crippen LogP contribution in [0.2, 0.25) is 0 Å². The van der Waals surface area contributed by atoms with Gasteiger partial charge in [0.25, 0.3) is 0 Å². The number of aromatic nitrogens is 3. The summed E-state index contributed by atoms with van der Waals surface area (Å²) in [7, 11) is 0. The molecule has 0 N–H and O–H groups in total. The molecule has 0 unspecified atom stereocenters. The number of hydrogen-bond acceptors (Lipinski definition) is 3. The Hall–Kier alpha value is -3.19. The van der Waals surface area contributed by atoms with Gasteiger partial charge < -0.3 is 0 Å². The number of fused-ring (bicyclic) bond motifs is 2. The summed E-state index contributed by atoms with van der Waals surface area (Å²) in [4.78, 5) is 5.29. The van der Waals surface area contributed by atoms with Crippen LogP contribution < -0.4 is 0 Å². The summed E-state index contributed by atoms with van der Waals surface area (Å²) in [5, 5.41) is 8.00. The second kappa shape index (κ2) is 6.42. The Morgan fingerprint density at radius 2 is 1.76 bits per heavy atom. The fraction of sp³-hybridized carbons (Fsp3) is 0.0909. The fourth-order valence-corrected chi connectivity index (χ4v) is 4.32. The first-order chi connectivity index (χ1) is 13.9. The van der Waals surface area contributed by atoms with Gasteiger partial charge in [0.15, 0.2) is 11.3 Å². The van der Waals surface area contributed by atoms with Crippen LogP contribution in [0, 0.1) is 6.92 Å². The van der Waals surface area contributed by atoms with E-state index < -0.39 is 11.9 Å². The van der Waals surface area contributed by atoms with Gasteiger partial charge in [0.05, 0.1) is 21.8 Å². The molecule has 0 saturated heterocycles. The molecule has 0 aliphatic heterocycles. The molecule has 0 aliphatic carbocycles. The molecule has 0 aliphatic rings. The van der Waals surface area contributed by atoms with Gasteiger partial charge >= 0.3 is 6.18 Å².